The molecule has 0 spiro atoms. The Morgan fingerprint density at radius 2 is 1.81 bits per heavy atom. The molecule has 1 aliphatic heterocycles. The highest BCUT2D eigenvalue weighted by molar-refractivity contribution is 6.37. The largest absolute Gasteiger partial charge is 0.476 e. The molecule has 0 unspecified atom stereocenters. The van der Waals surface area contributed by atoms with Gasteiger partial charge in [0.25, 0.3) is 0 Å². The van der Waals surface area contributed by atoms with Crippen molar-refractivity contribution in [3.63, 3.8) is 0 Å². The third-order valence-electron chi connectivity index (χ3n) is 4.94. The number of carboxylic acids is 1. The van der Waals surface area contributed by atoms with Gasteiger partial charge in [-0.15, -0.1) is 0 Å². The molecule has 4 nitrogen and oxygen atoms in total. The zero-order chi connectivity index (χ0) is 19.1. The number of fused-ring (bicyclic) bond motifs is 1. The van der Waals surface area contributed by atoms with Gasteiger partial charge in [0.1, 0.15) is 11.6 Å². The summed E-state index contributed by atoms with van der Waals surface area (Å²) in [5, 5.41) is 10.2. The van der Waals surface area contributed by atoms with Crippen molar-refractivity contribution in [2.45, 2.75) is 19.3 Å². The van der Waals surface area contributed by atoms with E-state index < -0.39 is 17.6 Å². The summed E-state index contributed by atoms with van der Waals surface area (Å²) in [7, 11) is 0. The fourth-order valence-electron chi connectivity index (χ4n) is 3.80. The van der Waals surface area contributed by atoms with Gasteiger partial charge in [0.2, 0.25) is 0 Å². The van der Waals surface area contributed by atoms with Crippen LogP contribution < -0.4 is 4.90 Å². The highest BCUT2D eigenvalue weighted by atomic mass is 35.5. The number of halogens is 3. The fourth-order valence-corrected chi connectivity index (χ4v) is 4.05. The van der Waals surface area contributed by atoms with E-state index in [-0.39, 0.29) is 10.7 Å². The normalized spacial score (nSPS) is 14.7. The number of nitrogens with zero attached hydrogens (tertiary/aromatic N) is 2. The Labute approximate surface area is 159 Å². The molecule has 0 amide bonds. The Morgan fingerprint density at radius 3 is 2.48 bits per heavy atom. The molecule has 3 aromatic rings. The van der Waals surface area contributed by atoms with Gasteiger partial charge in [-0.1, -0.05) is 17.7 Å². The maximum atomic E-state index is 14.2. The Morgan fingerprint density at radius 1 is 1.07 bits per heavy atom. The lowest BCUT2D eigenvalue weighted by atomic mass is 10.1. The van der Waals surface area contributed by atoms with Gasteiger partial charge in [0, 0.05) is 24.2 Å². The Hall–Kier alpha value is -2.60. The first-order chi connectivity index (χ1) is 13.0. The molecule has 0 aliphatic carbocycles. The molecule has 1 saturated heterocycles. The van der Waals surface area contributed by atoms with Crippen molar-refractivity contribution in [2.75, 3.05) is 18.0 Å². The molecule has 2 heterocycles. The molecular weight excluding hydrogens is 374 g/mol. The predicted molar refractivity (Wildman–Crippen MR) is 101 cm³/mol. The molecule has 27 heavy (non-hydrogen) atoms. The number of piperidine rings is 1. The second kappa shape index (κ2) is 6.85. The second-order valence-corrected chi connectivity index (χ2v) is 7.00. The molecule has 0 atom stereocenters. The second-order valence-electron chi connectivity index (χ2n) is 6.62. The van der Waals surface area contributed by atoms with Crippen LogP contribution in [0.5, 0.6) is 0 Å². The van der Waals surface area contributed by atoms with E-state index in [1.54, 1.807) is 6.07 Å². The van der Waals surface area contributed by atoms with Crippen LogP contribution in [0, 0.1) is 11.6 Å². The van der Waals surface area contributed by atoms with Crippen molar-refractivity contribution in [3.8, 4) is 5.69 Å². The number of anilines is 1. The quantitative estimate of drug-likeness (QED) is 0.664. The van der Waals surface area contributed by atoms with Gasteiger partial charge in [-0.2, -0.15) is 0 Å². The van der Waals surface area contributed by atoms with Crippen LogP contribution >= 0.6 is 11.6 Å². The molecule has 2 aromatic carbocycles. The van der Waals surface area contributed by atoms with Crippen molar-refractivity contribution in [1.82, 2.24) is 4.57 Å². The lowest BCUT2D eigenvalue weighted by Crippen LogP contribution is -2.30. The minimum absolute atomic E-state index is 0.0370. The third kappa shape index (κ3) is 2.94. The summed E-state index contributed by atoms with van der Waals surface area (Å²) in [5.41, 5.74) is 1.14. The standard InChI is InChI=1S/C20H17ClF2N2O2/c21-17-14(23)7-8-15-16(17)18(24-9-2-1-3-10-24)19(20(26)27)25(15)13-6-4-5-12(22)11-13/h4-8,11H,1-3,9-10H2,(H,26,27). The maximum Gasteiger partial charge on any atom is 0.355 e. The lowest BCUT2D eigenvalue weighted by molar-refractivity contribution is 0.0689. The monoisotopic (exact) mass is 390 g/mol. The van der Waals surface area contributed by atoms with E-state index in [1.165, 1.54) is 34.9 Å². The van der Waals surface area contributed by atoms with Crippen molar-refractivity contribution >= 4 is 34.2 Å². The Bertz CT molecular complexity index is 1040. The highest BCUT2D eigenvalue weighted by Gasteiger charge is 2.30. The molecule has 1 fully saturated rings. The number of benzene rings is 2. The minimum Gasteiger partial charge on any atom is -0.476 e. The number of hydrogen-bond acceptors (Lipinski definition) is 2. The van der Waals surface area contributed by atoms with Gasteiger partial charge < -0.3 is 14.6 Å². The maximum absolute atomic E-state index is 14.2. The predicted octanol–water partition coefficient (Wildman–Crippen LogP) is 5.25. The van der Waals surface area contributed by atoms with Crippen LogP contribution in [0.3, 0.4) is 0 Å². The van der Waals surface area contributed by atoms with Crippen molar-refractivity contribution in [3.05, 3.63) is 58.7 Å². The van der Waals surface area contributed by atoms with Crippen molar-refractivity contribution in [2.24, 2.45) is 0 Å². The lowest BCUT2D eigenvalue weighted by Gasteiger charge is -2.29. The van der Waals surface area contributed by atoms with Crippen LogP contribution in [-0.4, -0.2) is 28.7 Å². The smallest absolute Gasteiger partial charge is 0.355 e. The number of rotatable bonds is 3. The van der Waals surface area contributed by atoms with Crippen LogP contribution in [0.25, 0.3) is 16.6 Å². The third-order valence-corrected chi connectivity index (χ3v) is 5.31. The molecule has 7 heteroatoms. The van der Waals surface area contributed by atoms with Gasteiger partial charge in [-0.3, -0.25) is 0 Å². The molecule has 0 bridgehead atoms. The SMILES string of the molecule is O=C(O)c1c(N2CCCCC2)c2c(Cl)c(F)ccc2n1-c1cccc(F)c1. The number of carbonyl (C=O) groups is 1. The Balaban J connectivity index is 2.12. The summed E-state index contributed by atoms with van der Waals surface area (Å²) in [5.74, 6) is -2.28. The average molecular weight is 391 g/mol. The van der Waals surface area contributed by atoms with Crippen LogP contribution in [-0.2, 0) is 0 Å². The first kappa shape index (κ1) is 17.8. The van der Waals surface area contributed by atoms with Crippen LogP contribution in [0.15, 0.2) is 36.4 Å². The molecule has 140 valence electrons. The number of aromatic nitrogens is 1. The van der Waals surface area contributed by atoms with Crippen LogP contribution in [0.1, 0.15) is 29.8 Å². The summed E-state index contributed by atoms with van der Waals surface area (Å²) in [6, 6.07) is 8.35. The van der Waals surface area contributed by atoms with Gasteiger partial charge in [-0.25, -0.2) is 13.6 Å². The topological polar surface area (TPSA) is 45.5 Å². The highest BCUT2D eigenvalue weighted by Crippen LogP contribution is 2.42. The molecular formula is C20H17ClF2N2O2. The first-order valence-electron chi connectivity index (χ1n) is 8.75. The number of aromatic carboxylic acids is 1. The van der Waals surface area contributed by atoms with Crippen LogP contribution in [0.2, 0.25) is 5.02 Å². The minimum atomic E-state index is -1.17. The van der Waals surface area contributed by atoms with E-state index in [9.17, 15) is 18.7 Å². The molecule has 4 rings (SSSR count). The molecule has 1 N–H and O–H groups in total. The van der Waals surface area contributed by atoms with E-state index >= 15 is 0 Å². The van der Waals surface area contributed by atoms with E-state index in [1.807, 2.05) is 4.90 Å². The van der Waals surface area contributed by atoms with Gasteiger partial charge in [0.05, 0.1) is 16.2 Å². The van der Waals surface area contributed by atoms with E-state index in [4.69, 9.17) is 11.6 Å². The number of carboxylic acid groups (broad SMARTS) is 1. The van der Waals surface area contributed by atoms with Crippen molar-refractivity contribution < 1.29 is 18.7 Å². The zero-order valence-corrected chi connectivity index (χ0v) is 15.1. The van der Waals surface area contributed by atoms with Crippen molar-refractivity contribution in [1.29, 1.82) is 0 Å². The Kier molecular flexibility index (Phi) is 4.52. The molecule has 1 aromatic heterocycles. The van der Waals surface area contributed by atoms with Gasteiger partial charge in [-0.05, 0) is 49.6 Å². The summed E-state index contributed by atoms with van der Waals surface area (Å²) in [6.45, 7) is 1.32. The molecule has 0 radical (unpaired) electrons. The number of hydrogen-bond donors (Lipinski definition) is 1. The van der Waals surface area contributed by atoms with Crippen LogP contribution in [0.4, 0.5) is 14.5 Å². The zero-order valence-electron chi connectivity index (χ0n) is 14.4. The first-order valence-corrected chi connectivity index (χ1v) is 9.13. The summed E-state index contributed by atoms with van der Waals surface area (Å²) in [4.78, 5) is 14.2. The van der Waals surface area contributed by atoms with E-state index in [0.29, 0.717) is 35.4 Å². The van der Waals surface area contributed by atoms with Gasteiger partial charge >= 0.3 is 5.97 Å². The van der Waals surface area contributed by atoms with E-state index in [0.717, 1.165) is 19.3 Å². The summed E-state index contributed by atoms with van der Waals surface area (Å²) in [6.07, 6.45) is 2.89. The molecule has 1 aliphatic rings. The van der Waals surface area contributed by atoms with Gasteiger partial charge in [0.15, 0.2) is 5.69 Å². The summed E-state index contributed by atoms with van der Waals surface area (Å²) < 4.78 is 29.5. The average Bonchev–Trinajstić information content (AvgIpc) is 3.01. The summed E-state index contributed by atoms with van der Waals surface area (Å²) >= 11 is 6.28. The van der Waals surface area contributed by atoms with E-state index in [2.05, 4.69) is 0 Å². The fraction of sp³-hybridized carbons (Fsp3) is 0.250. The molecule has 0 saturated carbocycles.